The van der Waals surface area contributed by atoms with E-state index in [1.54, 1.807) is 24.2 Å². The van der Waals surface area contributed by atoms with E-state index < -0.39 is 5.97 Å². The Kier molecular flexibility index (Phi) is 2.60. The number of nitrogens with zero attached hydrogens (tertiary/aromatic N) is 2. The van der Waals surface area contributed by atoms with E-state index in [9.17, 15) is 9.59 Å². The summed E-state index contributed by atoms with van der Waals surface area (Å²) in [6, 6.07) is 1.54. The molecule has 2 heterocycles. The Morgan fingerprint density at radius 2 is 2.31 bits per heavy atom. The Morgan fingerprint density at radius 1 is 1.56 bits per heavy atom. The average Bonchev–Trinajstić information content (AvgIpc) is 2.60. The molecule has 1 amide bonds. The Hall–Kier alpha value is -1.91. The summed E-state index contributed by atoms with van der Waals surface area (Å²) in [7, 11) is 1.73. The minimum absolute atomic E-state index is 0.0423. The molecule has 84 valence electrons. The van der Waals surface area contributed by atoms with Crippen LogP contribution < -0.4 is 0 Å². The van der Waals surface area contributed by atoms with Crippen LogP contribution >= 0.6 is 0 Å². The molecule has 1 atom stereocenters. The highest BCUT2D eigenvalue weighted by molar-refractivity contribution is 5.87. The number of aromatic nitrogens is 1. The zero-order chi connectivity index (χ0) is 11.7. The Morgan fingerprint density at radius 3 is 2.88 bits per heavy atom. The van der Waals surface area contributed by atoms with Crippen molar-refractivity contribution in [3.05, 3.63) is 29.6 Å². The predicted molar refractivity (Wildman–Crippen MR) is 55.9 cm³/mol. The fourth-order valence-electron chi connectivity index (χ4n) is 1.95. The van der Waals surface area contributed by atoms with Gasteiger partial charge in [0.1, 0.15) is 0 Å². The third-order valence-electron chi connectivity index (χ3n) is 2.88. The van der Waals surface area contributed by atoms with Gasteiger partial charge in [0.15, 0.2) is 0 Å². The number of carbonyl (C=O) groups excluding carboxylic acids is 1. The number of hydrogen-bond donors (Lipinski definition) is 1. The van der Waals surface area contributed by atoms with Gasteiger partial charge in [-0.3, -0.25) is 9.78 Å². The molecule has 1 fully saturated rings. The standard InChI is InChI=1S/C11H12N2O3/c1-13-9(2-3-10(13)14)7-4-8(11(15)16)6-12-5-7/h4-6,9H,2-3H2,1H3,(H,15,16). The molecule has 1 aliphatic heterocycles. The topological polar surface area (TPSA) is 70.5 Å². The number of rotatable bonds is 2. The third-order valence-corrected chi connectivity index (χ3v) is 2.88. The zero-order valence-electron chi connectivity index (χ0n) is 8.88. The van der Waals surface area contributed by atoms with Gasteiger partial charge in [-0.2, -0.15) is 0 Å². The molecule has 2 rings (SSSR count). The summed E-state index contributed by atoms with van der Waals surface area (Å²) >= 11 is 0. The molecular formula is C11H12N2O3. The number of carboxylic acids is 1. The first kappa shape index (κ1) is 10.6. The molecule has 0 bridgehead atoms. The lowest BCUT2D eigenvalue weighted by atomic mass is 10.1. The number of hydrogen-bond acceptors (Lipinski definition) is 3. The van der Waals surface area contributed by atoms with Crippen molar-refractivity contribution in [2.45, 2.75) is 18.9 Å². The number of carboxylic acid groups (broad SMARTS) is 1. The van der Waals surface area contributed by atoms with Crippen LogP contribution in [0.15, 0.2) is 18.5 Å². The molecule has 0 saturated carbocycles. The molecule has 16 heavy (non-hydrogen) atoms. The van der Waals surface area contributed by atoms with Crippen LogP contribution in [0.5, 0.6) is 0 Å². The SMILES string of the molecule is CN1C(=O)CCC1c1cncc(C(=O)O)c1. The van der Waals surface area contributed by atoms with Crippen molar-refractivity contribution in [2.24, 2.45) is 0 Å². The molecule has 0 radical (unpaired) electrons. The fraction of sp³-hybridized carbons (Fsp3) is 0.364. The maximum absolute atomic E-state index is 11.4. The normalized spacial score (nSPS) is 20.2. The van der Waals surface area contributed by atoms with E-state index in [1.165, 1.54) is 6.20 Å². The van der Waals surface area contributed by atoms with E-state index in [2.05, 4.69) is 4.98 Å². The van der Waals surface area contributed by atoms with Crippen LogP contribution in [0.1, 0.15) is 34.8 Å². The largest absolute Gasteiger partial charge is 0.478 e. The van der Waals surface area contributed by atoms with Crippen LogP contribution in [0.3, 0.4) is 0 Å². The predicted octanol–water partition coefficient (Wildman–Crippen LogP) is 1.07. The van der Waals surface area contributed by atoms with Gasteiger partial charge in [-0.15, -0.1) is 0 Å². The van der Waals surface area contributed by atoms with Crippen molar-refractivity contribution in [1.82, 2.24) is 9.88 Å². The summed E-state index contributed by atoms with van der Waals surface area (Å²) in [5.74, 6) is -0.910. The van der Waals surface area contributed by atoms with Gasteiger partial charge >= 0.3 is 5.97 Å². The van der Waals surface area contributed by atoms with Gasteiger partial charge in [-0.1, -0.05) is 0 Å². The van der Waals surface area contributed by atoms with Gasteiger partial charge < -0.3 is 10.0 Å². The van der Waals surface area contributed by atoms with Crippen LogP contribution in [0.4, 0.5) is 0 Å². The van der Waals surface area contributed by atoms with Crippen LogP contribution in [-0.2, 0) is 4.79 Å². The molecular weight excluding hydrogens is 208 g/mol. The van der Waals surface area contributed by atoms with E-state index in [0.29, 0.717) is 6.42 Å². The van der Waals surface area contributed by atoms with Gasteiger partial charge in [0.05, 0.1) is 11.6 Å². The first-order valence-electron chi connectivity index (χ1n) is 5.03. The number of aromatic carboxylic acids is 1. The van der Waals surface area contributed by atoms with Gasteiger partial charge in [-0.05, 0) is 18.1 Å². The molecule has 1 unspecified atom stereocenters. The summed E-state index contributed by atoms with van der Waals surface area (Å²) in [5.41, 5.74) is 0.943. The van der Waals surface area contributed by atoms with Crippen molar-refractivity contribution < 1.29 is 14.7 Å². The monoisotopic (exact) mass is 220 g/mol. The van der Waals surface area contributed by atoms with Crippen molar-refractivity contribution in [2.75, 3.05) is 7.05 Å². The quantitative estimate of drug-likeness (QED) is 0.809. The lowest BCUT2D eigenvalue weighted by Crippen LogP contribution is -2.22. The van der Waals surface area contributed by atoms with Gasteiger partial charge in [-0.25, -0.2) is 4.79 Å². The molecule has 1 N–H and O–H groups in total. The van der Waals surface area contributed by atoms with Gasteiger partial charge in [0.2, 0.25) is 5.91 Å². The lowest BCUT2D eigenvalue weighted by Gasteiger charge is -2.19. The molecule has 0 aliphatic carbocycles. The molecule has 1 aromatic rings. The second-order valence-electron chi connectivity index (χ2n) is 3.87. The summed E-state index contributed by atoms with van der Waals surface area (Å²) in [5, 5.41) is 8.85. The molecule has 0 aromatic carbocycles. The van der Waals surface area contributed by atoms with Crippen LogP contribution in [0.2, 0.25) is 0 Å². The van der Waals surface area contributed by atoms with Gasteiger partial charge in [0, 0.05) is 25.9 Å². The van der Waals surface area contributed by atoms with E-state index in [1.807, 2.05) is 0 Å². The summed E-state index contributed by atoms with van der Waals surface area (Å²) in [4.78, 5) is 27.7. The number of carbonyl (C=O) groups is 2. The van der Waals surface area contributed by atoms with Crippen LogP contribution in [0, 0.1) is 0 Å². The number of pyridine rings is 1. The Balaban J connectivity index is 2.31. The minimum Gasteiger partial charge on any atom is -0.478 e. The van der Waals surface area contributed by atoms with E-state index in [0.717, 1.165) is 12.0 Å². The molecule has 5 heteroatoms. The van der Waals surface area contributed by atoms with E-state index >= 15 is 0 Å². The Labute approximate surface area is 92.7 Å². The van der Waals surface area contributed by atoms with Gasteiger partial charge in [0.25, 0.3) is 0 Å². The van der Waals surface area contributed by atoms with Crippen LogP contribution in [-0.4, -0.2) is 33.9 Å². The highest BCUT2D eigenvalue weighted by Crippen LogP contribution is 2.30. The first-order chi connectivity index (χ1) is 7.59. The highest BCUT2D eigenvalue weighted by Gasteiger charge is 2.29. The average molecular weight is 220 g/mol. The first-order valence-corrected chi connectivity index (χ1v) is 5.03. The minimum atomic E-state index is -0.999. The second-order valence-corrected chi connectivity index (χ2v) is 3.87. The third kappa shape index (κ3) is 1.76. The molecule has 0 spiro atoms. The second kappa shape index (κ2) is 3.92. The maximum atomic E-state index is 11.4. The van der Waals surface area contributed by atoms with Crippen molar-refractivity contribution in [1.29, 1.82) is 0 Å². The summed E-state index contributed by atoms with van der Waals surface area (Å²) < 4.78 is 0. The summed E-state index contributed by atoms with van der Waals surface area (Å²) in [6.07, 6.45) is 4.16. The van der Waals surface area contributed by atoms with Crippen molar-refractivity contribution in [3.63, 3.8) is 0 Å². The highest BCUT2D eigenvalue weighted by atomic mass is 16.4. The van der Waals surface area contributed by atoms with Crippen molar-refractivity contribution >= 4 is 11.9 Å². The lowest BCUT2D eigenvalue weighted by molar-refractivity contribution is -0.127. The van der Waals surface area contributed by atoms with Crippen molar-refractivity contribution in [3.8, 4) is 0 Å². The number of amides is 1. The molecule has 5 nitrogen and oxygen atoms in total. The zero-order valence-corrected chi connectivity index (χ0v) is 8.88. The van der Waals surface area contributed by atoms with E-state index in [4.69, 9.17) is 5.11 Å². The molecule has 1 aliphatic rings. The molecule has 1 aromatic heterocycles. The molecule has 1 saturated heterocycles. The van der Waals surface area contributed by atoms with Crippen LogP contribution in [0.25, 0.3) is 0 Å². The van der Waals surface area contributed by atoms with E-state index in [-0.39, 0.29) is 17.5 Å². The maximum Gasteiger partial charge on any atom is 0.337 e. The Bertz CT molecular complexity index is 445. The summed E-state index contributed by atoms with van der Waals surface area (Å²) in [6.45, 7) is 0. The number of likely N-dealkylation sites (tertiary alicyclic amines) is 1. The fourth-order valence-corrected chi connectivity index (χ4v) is 1.95. The smallest absolute Gasteiger partial charge is 0.337 e.